The summed E-state index contributed by atoms with van der Waals surface area (Å²) < 4.78 is 11.1. The number of rotatable bonds is 6. The number of morpholine rings is 1. The van der Waals surface area contributed by atoms with Gasteiger partial charge in [-0.05, 0) is 43.2 Å². The van der Waals surface area contributed by atoms with Crippen LogP contribution in [0, 0.1) is 0 Å². The van der Waals surface area contributed by atoms with Crippen LogP contribution in [0.5, 0.6) is 5.75 Å². The molecule has 138 valence electrons. The predicted molar refractivity (Wildman–Crippen MR) is 101 cm³/mol. The molecular formula is C21H25NO4. The number of nitrogens with zero attached hydrogens (tertiary/aromatic N) is 1. The molecular weight excluding hydrogens is 330 g/mol. The predicted octanol–water partition coefficient (Wildman–Crippen LogP) is 3.84. The SMILES string of the molecule is CCOc1ccc(C(=O)O)cc1-c1ccc([C@H](C)N2CCOCC2)cc1. The fraction of sp³-hybridized carbons (Fsp3) is 0.381. The second kappa shape index (κ2) is 8.34. The van der Waals surface area contributed by atoms with Crippen molar-refractivity contribution in [2.45, 2.75) is 19.9 Å². The highest BCUT2D eigenvalue weighted by Crippen LogP contribution is 2.32. The van der Waals surface area contributed by atoms with Crippen molar-refractivity contribution in [3.05, 3.63) is 53.6 Å². The molecule has 0 amide bonds. The third-order valence-corrected chi connectivity index (χ3v) is 4.82. The molecule has 2 aromatic rings. The minimum Gasteiger partial charge on any atom is -0.493 e. The Balaban J connectivity index is 1.87. The first kappa shape index (κ1) is 18.4. The van der Waals surface area contributed by atoms with E-state index in [9.17, 15) is 9.90 Å². The van der Waals surface area contributed by atoms with Crippen molar-refractivity contribution in [2.75, 3.05) is 32.9 Å². The smallest absolute Gasteiger partial charge is 0.335 e. The summed E-state index contributed by atoms with van der Waals surface area (Å²) in [6.07, 6.45) is 0. The molecule has 0 saturated carbocycles. The molecule has 0 aliphatic carbocycles. The fourth-order valence-corrected chi connectivity index (χ4v) is 3.29. The molecule has 5 heteroatoms. The van der Waals surface area contributed by atoms with E-state index in [1.807, 2.05) is 19.1 Å². The molecule has 3 rings (SSSR count). The minimum atomic E-state index is -0.938. The van der Waals surface area contributed by atoms with Crippen molar-refractivity contribution < 1.29 is 19.4 Å². The Morgan fingerprint density at radius 2 is 1.88 bits per heavy atom. The first-order chi connectivity index (χ1) is 12.6. The Kier molecular flexibility index (Phi) is 5.91. The van der Waals surface area contributed by atoms with Gasteiger partial charge in [0.2, 0.25) is 0 Å². The normalized spacial score (nSPS) is 16.2. The highest BCUT2D eigenvalue weighted by Gasteiger charge is 2.19. The van der Waals surface area contributed by atoms with Crippen LogP contribution in [0.2, 0.25) is 0 Å². The summed E-state index contributed by atoms with van der Waals surface area (Å²) in [5.74, 6) is -0.238. The van der Waals surface area contributed by atoms with Gasteiger partial charge in [-0.15, -0.1) is 0 Å². The zero-order valence-electron chi connectivity index (χ0n) is 15.3. The van der Waals surface area contributed by atoms with Crippen LogP contribution in [0.3, 0.4) is 0 Å². The maximum atomic E-state index is 11.3. The lowest BCUT2D eigenvalue weighted by molar-refractivity contribution is 0.0198. The van der Waals surface area contributed by atoms with Crippen molar-refractivity contribution in [3.63, 3.8) is 0 Å². The number of carboxylic acid groups (broad SMARTS) is 1. The average molecular weight is 355 g/mol. The molecule has 26 heavy (non-hydrogen) atoms. The van der Waals surface area contributed by atoms with Crippen LogP contribution < -0.4 is 4.74 Å². The summed E-state index contributed by atoms with van der Waals surface area (Å²) in [4.78, 5) is 13.7. The highest BCUT2D eigenvalue weighted by molar-refractivity contribution is 5.90. The van der Waals surface area contributed by atoms with E-state index < -0.39 is 5.97 Å². The number of hydrogen-bond donors (Lipinski definition) is 1. The Hall–Kier alpha value is -2.37. The summed E-state index contributed by atoms with van der Waals surface area (Å²) in [6, 6.07) is 13.6. The summed E-state index contributed by atoms with van der Waals surface area (Å²) in [6.45, 7) is 8.10. The molecule has 5 nitrogen and oxygen atoms in total. The molecule has 2 aromatic carbocycles. The fourth-order valence-electron chi connectivity index (χ4n) is 3.29. The molecule has 0 radical (unpaired) electrons. The van der Waals surface area contributed by atoms with Gasteiger partial charge < -0.3 is 14.6 Å². The van der Waals surface area contributed by atoms with E-state index in [2.05, 4.69) is 24.0 Å². The quantitative estimate of drug-likeness (QED) is 0.853. The molecule has 1 N–H and O–H groups in total. The summed E-state index contributed by atoms with van der Waals surface area (Å²) in [7, 11) is 0. The molecule has 1 saturated heterocycles. The van der Waals surface area contributed by atoms with E-state index in [1.165, 1.54) is 5.56 Å². The molecule has 1 aliphatic rings. The second-order valence-corrected chi connectivity index (χ2v) is 6.40. The van der Waals surface area contributed by atoms with Gasteiger partial charge in [0.25, 0.3) is 0 Å². The van der Waals surface area contributed by atoms with Crippen LogP contribution in [0.1, 0.15) is 35.8 Å². The number of aromatic carboxylic acids is 1. The standard InChI is InChI=1S/C21H25NO4/c1-3-26-20-9-8-18(21(23)24)14-19(20)17-6-4-16(5-7-17)15(2)22-10-12-25-13-11-22/h4-9,14-15H,3,10-13H2,1-2H3,(H,23,24)/t15-/m0/s1. The lowest BCUT2D eigenvalue weighted by Gasteiger charge is -2.32. The van der Waals surface area contributed by atoms with Gasteiger partial charge in [-0.25, -0.2) is 4.79 Å². The van der Waals surface area contributed by atoms with Gasteiger partial charge in [-0.1, -0.05) is 24.3 Å². The van der Waals surface area contributed by atoms with Crippen LogP contribution in [0.4, 0.5) is 0 Å². The first-order valence-corrected chi connectivity index (χ1v) is 9.02. The third kappa shape index (κ3) is 4.06. The lowest BCUT2D eigenvalue weighted by atomic mass is 9.98. The largest absolute Gasteiger partial charge is 0.493 e. The third-order valence-electron chi connectivity index (χ3n) is 4.82. The number of carbonyl (C=O) groups is 1. The topological polar surface area (TPSA) is 59.0 Å². The monoisotopic (exact) mass is 355 g/mol. The maximum Gasteiger partial charge on any atom is 0.335 e. The number of hydrogen-bond acceptors (Lipinski definition) is 4. The first-order valence-electron chi connectivity index (χ1n) is 9.02. The van der Waals surface area contributed by atoms with E-state index in [0.29, 0.717) is 18.4 Å². The molecule has 1 fully saturated rings. The zero-order valence-corrected chi connectivity index (χ0v) is 15.3. The van der Waals surface area contributed by atoms with Gasteiger partial charge in [-0.2, -0.15) is 0 Å². The zero-order chi connectivity index (χ0) is 18.5. The average Bonchev–Trinajstić information content (AvgIpc) is 2.68. The van der Waals surface area contributed by atoms with Crippen LogP contribution in [-0.4, -0.2) is 48.9 Å². The van der Waals surface area contributed by atoms with Crippen LogP contribution in [0.15, 0.2) is 42.5 Å². The van der Waals surface area contributed by atoms with Gasteiger partial charge in [0.15, 0.2) is 0 Å². The van der Waals surface area contributed by atoms with E-state index in [0.717, 1.165) is 37.4 Å². The van der Waals surface area contributed by atoms with E-state index in [1.54, 1.807) is 18.2 Å². The number of carboxylic acids is 1. The van der Waals surface area contributed by atoms with Gasteiger partial charge in [-0.3, -0.25) is 4.90 Å². The Bertz CT molecular complexity index is 751. The molecule has 0 unspecified atom stereocenters. The molecule has 0 bridgehead atoms. The van der Waals surface area contributed by atoms with Gasteiger partial charge in [0, 0.05) is 24.7 Å². The van der Waals surface area contributed by atoms with E-state index in [4.69, 9.17) is 9.47 Å². The summed E-state index contributed by atoms with van der Waals surface area (Å²) in [5, 5.41) is 9.28. The van der Waals surface area contributed by atoms with Crippen LogP contribution in [-0.2, 0) is 4.74 Å². The Morgan fingerprint density at radius 1 is 1.19 bits per heavy atom. The summed E-state index contributed by atoms with van der Waals surface area (Å²) in [5.41, 5.74) is 3.25. The van der Waals surface area contributed by atoms with Crippen molar-refractivity contribution in [2.24, 2.45) is 0 Å². The molecule has 1 heterocycles. The van der Waals surface area contributed by atoms with Gasteiger partial charge >= 0.3 is 5.97 Å². The molecule has 1 atom stereocenters. The van der Waals surface area contributed by atoms with Crippen molar-refractivity contribution >= 4 is 5.97 Å². The minimum absolute atomic E-state index is 0.259. The Labute approximate surface area is 154 Å². The number of ether oxygens (including phenoxy) is 2. The maximum absolute atomic E-state index is 11.3. The van der Waals surface area contributed by atoms with Crippen molar-refractivity contribution in [1.82, 2.24) is 4.90 Å². The molecule has 0 spiro atoms. The molecule has 1 aliphatic heterocycles. The van der Waals surface area contributed by atoms with Gasteiger partial charge in [0.05, 0.1) is 25.4 Å². The van der Waals surface area contributed by atoms with Crippen molar-refractivity contribution in [3.8, 4) is 16.9 Å². The van der Waals surface area contributed by atoms with E-state index in [-0.39, 0.29) is 5.56 Å². The second-order valence-electron chi connectivity index (χ2n) is 6.40. The highest BCUT2D eigenvalue weighted by atomic mass is 16.5. The van der Waals surface area contributed by atoms with Gasteiger partial charge in [0.1, 0.15) is 5.75 Å². The Morgan fingerprint density at radius 3 is 2.50 bits per heavy atom. The van der Waals surface area contributed by atoms with Crippen LogP contribution >= 0.6 is 0 Å². The van der Waals surface area contributed by atoms with Crippen molar-refractivity contribution in [1.29, 1.82) is 0 Å². The van der Waals surface area contributed by atoms with E-state index >= 15 is 0 Å². The summed E-state index contributed by atoms with van der Waals surface area (Å²) >= 11 is 0. The van der Waals surface area contributed by atoms with Crippen LogP contribution in [0.25, 0.3) is 11.1 Å². The molecule has 0 aromatic heterocycles. The lowest BCUT2D eigenvalue weighted by Crippen LogP contribution is -2.37. The number of benzene rings is 2.